The summed E-state index contributed by atoms with van der Waals surface area (Å²) in [5.74, 6) is 2.10. The molecule has 1 aromatic carbocycles. The van der Waals surface area contributed by atoms with E-state index in [1.165, 1.54) is 37.4 Å². The minimum atomic E-state index is 0.00992. The summed E-state index contributed by atoms with van der Waals surface area (Å²) in [6.45, 7) is 4.03. The molecule has 4 rings (SSSR count). The van der Waals surface area contributed by atoms with Crippen LogP contribution in [0.25, 0.3) is 0 Å². The van der Waals surface area contributed by atoms with E-state index < -0.39 is 0 Å². The molecule has 0 spiro atoms. The van der Waals surface area contributed by atoms with Crippen LogP contribution in [0.4, 0.5) is 5.69 Å². The molecule has 2 aliphatic rings. The monoisotopic (exact) mass is 342 g/mol. The maximum atomic E-state index is 12.4. The van der Waals surface area contributed by atoms with Crippen LogP contribution in [0.1, 0.15) is 54.6 Å². The molecule has 2 aromatic rings. The van der Waals surface area contributed by atoms with E-state index in [0.29, 0.717) is 17.7 Å². The molecule has 0 saturated heterocycles. The molecule has 0 aliphatic heterocycles. The van der Waals surface area contributed by atoms with E-state index in [1.807, 2.05) is 32.0 Å². The number of carbonyl (C=O) groups is 1. The Kier molecular flexibility index (Phi) is 4.08. The lowest BCUT2D eigenvalue weighted by Crippen LogP contribution is -2.16. The number of aromatic nitrogens is 3. The Morgan fingerprint density at radius 1 is 1.21 bits per heavy atom. The van der Waals surface area contributed by atoms with E-state index in [-0.39, 0.29) is 5.91 Å². The predicted octanol–water partition coefficient (Wildman–Crippen LogP) is 3.84. The second-order valence-corrected chi connectivity index (χ2v) is 7.76. The van der Waals surface area contributed by atoms with Gasteiger partial charge in [-0.2, -0.15) is 0 Å². The SMILES string of the molecule is Cc1cccc(C)c1NC(=O)CSc1nnc(C2CC2)n1C1CC1. The van der Waals surface area contributed by atoms with Crippen LogP contribution in [0.15, 0.2) is 23.4 Å². The van der Waals surface area contributed by atoms with Gasteiger partial charge in [0.1, 0.15) is 5.82 Å². The van der Waals surface area contributed by atoms with Crippen molar-refractivity contribution in [1.29, 1.82) is 0 Å². The van der Waals surface area contributed by atoms with Crippen molar-refractivity contribution in [2.75, 3.05) is 11.1 Å². The van der Waals surface area contributed by atoms with Crippen molar-refractivity contribution in [1.82, 2.24) is 14.8 Å². The molecule has 2 fully saturated rings. The average Bonchev–Trinajstić information content (AvgIpc) is 3.48. The zero-order valence-corrected chi connectivity index (χ0v) is 14.9. The highest BCUT2D eigenvalue weighted by atomic mass is 32.2. The number of nitrogens with zero attached hydrogens (tertiary/aromatic N) is 3. The van der Waals surface area contributed by atoms with Crippen molar-refractivity contribution in [3.05, 3.63) is 35.2 Å². The van der Waals surface area contributed by atoms with Gasteiger partial charge in [0.05, 0.1) is 5.75 Å². The van der Waals surface area contributed by atoms with E-state index in [4.69, 9.17) is 0 Å². The third kappa shape index (κ3) is 3.20. The highest BCUT2D eigenvalue weighted by Gasteiger charge is 2.36. The van der Waals surface area contributed by atoms with Crippen molar-refractivity contribution in [2.45, 2.75) is 56.6 Å². The predicted molar refractivity (Wildman–Crippen MR) is 95.5 cm³/mol. The number of rotatable bonds is 6. The highest BCUT2D eigenvalue weighted by Crippen LogP contribution is 2.45. The summed E-state index contributed by atoms with van der Waals surface area (Å²) in [7, 11) is 0. The zero-order valence-electron chi connectivity index (χ0n) is 14.1. The number of hydrogen-bond acceptors (Lipinski definition) is 4. The molecule has 0 bridgehead atoms. The average molecular weight is 342 g/mol. The fourth-order valence-electron chi connectivity index (χ4n) is 3.00. The van der Waals surface area contributed by atoms with Crippen LogP contribution < -0.4 is 5.32 Å². The van der Waals surface area contributed by atoms with Crippen LogP contribution in [-0.4, -0.2) is 26.4 Å². The van der Waals surface area contributed by atoms with Gasteiger partial charge in [-0.05, 0) is 50.7 Å². The van der Waals surface area contributed by atoms with E-state index in [1.54, 1.807) is 0 Å². The van der Waals surface area contributed by atoms with Gasteiger partial charge in [0, 0.05) is 17.6 Å². The summed E-state index contributed by atoms with van der Waals surface area (Å²) in [4.78, 5) is 12.4. The largest absolute Gasteiger partial charge is 0.325 e. The summed E-state index contributed by atoms with van der Waals surface area (Å²) in [6, 6.07) is 6.59. The topological polar surface area (TPSA) is 59.8 Å². The molecule has 1 aromatic heterocycles. The Morgan fingerprint density at radius 3 is 2.54 bits per heavy atom. The summed E-state index contributed by atoms with van der Waals surface area (Å²) in [5.41, 5.74) is 3.10. The van der Waals surface area contributed by atoms with Crippen LogP contribution in [-0.2, 0) is 4.79 Å². The third-order valence-corrected chi connectivity index (χ3v) is 5.57. The Morgan fingerprint density at radius 2 is 1.92 bits per heavy atom. The van der Waals surface area contributed by atoms with Crippen LogP contribution in [0.2, 0.25) is 0 Å². The number of nitrogens with one attached hydrogen (secondary N) is 1. The fraction of sp³-hybridized carbons (Fsp3) is 0.500. The number of thioether (sulfide) groups is 1. The molecule has 0 atom stereocenters. The molecule has 24 heavy (non-hydrogen) atoms. The van der Waals surface area contributed by atoms with E-state index in [0.717, 1.165) is 27.8 Å². The molecule has 1 amide bonds. The zero-order chi connectivity index (χ0) is 16.7. The van der Waals surface area contributed by atoms with Crippen molar-refractivity contribution in [2.24, 2.45) is 0 Å². The molecule has 2 saturated carbocycles. The van der Waals surface area contributed by atoms with Gasteiger partial charge in [0.2, 0.25) is 5.91 Å². The maximum Gasteiger partial charge on any atom is 0.234 e. The quantitative estimate of drug-likeness (QED) is 0.810. The summed E-state index contributed by atoms with van der Waals surface area (Å²) >= 11 is 1.50. The Labute approximate surface area is 146 Å². The summed E-state index contributed by atoms with van der Waals surface area (Å²) < 4.78 is 2.29. The molecule has 1 heterocycles. The summed E-state index contributed by atoms with van der Waals surface area (Å²) in [6.07, 6.45) is 4.87. The van der Waals surface area contributed by atoms with Gasteiger partial charge in [0.25, 0.3) is 0 Å². The molecule has 5 nitrogen and oxygen atoms in total. The van der Waals surface area contributed by atoms with Gasteiger partial charge in [-0.15, -0.1) is 10.2 Å². The Balaban J connectivity index is 1.43. The van der Waals surface area contributed by atoms with E-state index in [2.05, 4.69) is 20.1 Å². The Bertz CT molecular complexity index is 757. The molecule has 6 heteroatoms. The molecule has 1 N–H and O–H groups in total. The minimum Gasteiger partial charge on any atom is -0.325 e. The number of para-hydroxylation sites is 1. The van der Waals surface area contributed by atoms with Gasteiger partial charge in [-0.3, -0.25) is 4.79 Å². The molecule has 2 aliphatic carbocycles. The van der Waals surface area contributed by atoms with Crippen molar-refractivity contribution < 1.29 is 4.79 Å². The van der Waals surface area contributed by atoms with Crippen molar-refractivity contribution >= 4 is 23.4 Å². The van der Waals surface area contributed by atoms with Crippen LogP contribution in [0.5, 0.6) is 0 Å². The molecular formula is C18H22N4OS. The number of carbonyl (C=O) groups excluding carboxylic acids is 1. The molecular weight excluding hydrogens is 320 g/mol. The number of aryl methyl sites for hydroxylation is 2. The normalized spacial score (nSPS) is 17.1. The number of anilines is 1. The lowest BCUT2D eigenvalue weighted by atomic mass is 10.1. The standard InChI is InChI=1S/C18H22N4OS/c1-11-4-3-5-12(2)16(11)19-15(23)10-24-18-21-20-17(13-6-7-13)22(18)14-8-9-14/h3-5,13-14H,6-10H2,1-2H3,(H,19,23). The molecule has 0 radical (unpaired) electrons. The minimum absolute atomic E-state index is 0.00992. The number of benzene rings is 1. The van der Waals surface area contributed by atoms with Gasteiger partial charge >= 0.3 is 0 Å². The van der Waals surface area contributed by atoms with E-state index >= 15 is 0 Å². The van der Waals surface area contributed by atoms with E-state index in [9.17, 15) is 4.79 Å². The first-order valence-electron chi connectivity index (χ1n) is 8.57. The van der Waals surface area contributed by atoms with Crippen molar-refractivity contribution in [3.8, 4) is 0 Å². The first-order valence-corrected chi connectivity index (χ1v) is 9.55. The maximum absolute atomic E-state index is 12.4. The lowest BCUT2D eigenvalue weighted by Gasteiger charge is -2.11. The Hall–Kier alpha value is -1.82. The van der Waals surface area contributed by atoms with Crippen LogP contribution in [0, 0.1) is 13.8 Å². The molecule has 0 unspecified atom stereocenters. The first-order chi connectivity index (χ1) is 11.6. The third-order valence-electron chi connectivity index (χ3n) is 4.62. The smallest absolute Gasteiger partial charge is 0.234 e. The molecule has 126 valence electrons. The van der Waals surface area contributed by atoms with Crippen molar-refractivity contribution in [3.63, 3.8) is 0 Å². The second-order valence-electron chi connectivity index (χ2n) is 6.82. The lowest BCUT2D eigenvalue weighted by molar-refractivity contribution is -0.113. The number of amides is 1. The van der Waals surface area contributed by atoms with Crippen LogP contribution in [0.3, 0.4) is 0 Å². The van der Waals surface area contributed by atoms with Gasteiger partial charge in [0.15, 0.2) is 5.16 Å². The second kappa shape index (κ2) is 6.24. The highest BCUT2D eigenvalue weighted by molar-refractivity contribution is 7.99. The van der Waals surface area contributed by atoms with Crippen LogP contribution >= 0.6 is 11.8 Å². The van der Waals surface area contributed by atoms with Gasteiger partial charge < -0.3 is 9.88 Å². The van der Waals surface area contributed by atoms with Gasteiger partial charge in [-0.25, -0.2) is 0 Å². The summed E-state index contributed by atoms with van der Waals surface area (Å²) in [5, 5.41) is 12.7. The first kappa shape index (κ1) is 15.7. The van der Waals surface area contributed by atoms with Gasteiger partial charge in [-0.1, -0.05) is 30.0 Å². The fourth-order valence-corrected chi connectivity index (χ4v) is 3.81. The number of hydrogen-bond donors (Lipinski definition) is 1.